The molecule has 0 unspecified atom stereocenters. The van der Waals surface area contributed by atoms with Gasteiger partial charge in [-0.2, -0.15) is 0 Å². The summed E-state index contributed by atoms with van der Waals surface area (Å²) in [6, 6.07) is 10.7. The number of thioether (sulfide) groups is 1. The quantitative estimate of drug-likeness (QED) is 0.460. The van der Waals surface area contributed by atoms with E-state index in [0.717, 1.165) is 48.2 Å². The van der Waals surface area contributed by atoms with Gasteiger partial charge >= 0.3 is 0 Å². The third-order valence-corrected chi connectivity index (χ3v) is 8.21. The summed E-state index contributed by atoms with van der Waals surface area (Å²) < 4.78 is 7.80. The number of benzene rings is 1. The van der Waals surface area contributed by atoms with Crippen molar-refractivity contribution in [1.29, 1.82) is 0 Å². The van der Waals surface area contributed by atoms with E-state index in [0.29, 0.717) is 5.41 Å². The van der Waals surface area contributed by atoms with Crippen LogP contribution in [0.1, 0.15) is 56.3 Å². The molecule has 28 heavy (non-hydrogen) atoms. The standard InChI is InChI=1S/C23H31N3OS/c1-27-9-5-8-26-21(23-13-18-10-19(14-23)12-20(11-18)15-23)24-25-22(26)28-16-17-6-3-2-4-7-17/h2-4,6-7,18-20H,5,8-16H2,1H3. The molecule has 6 rings (SSSR count). The maximum atomic E-state index is 5.34. The first-order chi connectivity index (χ1) is 13.8. The predicted molar refractivity (Wildman–Crippen MR) is 112 cm³/mol. The van der Waals surface area contributed by atoms with Crippen molar-refractivity contribution in [3.63, 3.8) is 0 Å². The summed E-state index contributed by atoms with van der Waals surface area (Å²) in [4.78, 5) is 0. The number of nitrogens with zero attached hydrogens (tertiary/aromatic N) is 3. The highest BCUT2D eigenvalue weighted by Gasteiger charge is 2.53. The van der Waals surface area contributed by atoms with Crippen molar-refractivity contribution in [2.24, 2.45) is 17.8 Å². The van der Waals surface area contributed by atoms with E-state index in [2.05, 4.69) is 34.9 Å². The molecule has 150 valence electrons. The van der Waals surface area contributed by atoms with Crippen LogP contribution < -0.4 is 0 Å². The highest BCUT2D eigenvalue weighted by Crippen LogP contribution is 2.60. The summed E-state index contributed by atoms with van der Waals surface area (Å²) in [6.07, 6.45) is 9.43. The summed E-state index contributed by atoms with van der Waals surface area (Å²) in [5.41, 5.74) is 1.63. The van der Waals surface area contributed by atoms with Gasteiger partial charge in [-0.05, 0) is 68.3 Å². The number of rotatable bonds is 8. The first-order valence-corrected chi connectivity index (χ1v) is 11.8. The van der Waals surface area contributed by atoms with Crippen LogP contribution in [0.5, 0.6) is 0 Å². The monoisotopic (exact) mass is 397 g/mol. The van der Waals surface area contributed by atoms with E-state index in [9.17, 15) is 0 Å². The second kappa shape index (κ2) is 7.83. The summed E-state index contributed by atoms with van der Waals surface area (Å²) >= 11 is 1.83. The lowest BCUT2D eigenvalue weighted by Crippen LogP contribution is -2.49. The zero-order chi connectivity index (χ0) is 19.0. The topological polar surface area (TPSA) is 39.9 Å². The SMILES string of the molecule is COCCCn1c(SCc2ccccc2)nnc1C12CC3CC(CC(C3)C1)C2. The lowest BCUT2D eigenvalue weighted by Gasteiger charge is -2.56. The fraction of sp³-hybridized carbons (Fsp3) is 0.652. The van der Waals surface area contributed by atoms with Gasteiger partial charge in [0.2, 0.25) is 0 Å². The minimum atomic E-state index is 0.292. The van der Waals surface area contributed by atoms with Gasteiger partial charge in [0.15, 0.2) is 5.16 Å². The van der Waals surface area contributed by atoms with Gasteiger partial charge in [-0.15, -0.1) is 10.2 Å². The Bertz CT molecular complexity index is 768. The Kier molecular flexibility index (Phi) is 5.22. The second-order valence-electron chi connectivity index (χ2n) is 9.28. The molecule has 4 nitrogen and oxygen atoms in total. The first kappa shape index (κ1) is 18.7. The summed E-state index contributed by atoms with van der Waals surface area (Å²) in [5, 5.41) is 10.6. The van der Waals surface area contributed by atoms with Gasteiger partial charge in [0, 0.05) is 31.4 Å². The van der Waals surface area contributed by atoms with Crippen LogP contribution in [0.4, 0.5) is 0 Å². The van der Waals surface area contributed by atoms with E-state index in [4.69, 9.17) is 14.9 Å². The molecule has 4 aliphatic rings. The van der Waals surface area contributed by atoms with Gasteiger partial charge in [0.25, 0.3) is 0 Å². The largest absolute Gasteiger partial charge is 0.385 e. The van der Waals surface area contributed by atoms with Gasteiger partial charge in [-0.1, -0.05) is 42.1 Å². The van der Waals surface area contributed by atoms with Gasteiger partial charge < -0.3 is 9.30 Å². The Balaban J connectivity index is 1.42. The second-order valence-corrected chi connectivity index (χ2v) is 10.2. The molecule has 0 spiro atoms. The van der Waals surface area contributed by atoms with Crippen molar-refractivity contribution in [2.75, 3.05) is 13.7 Å². The van der Waals surface area contributed by atoms with Gasteiger partial charge in [0.1, 0.15) is 5.82 Å². The smallest absolute Gasteiger partial charge is 0.191 e. The van der Waals surface area contributed by atoms with Gasteiger partial charge in [0.05, 0.1) is 0 Å². The Morgan fingerprint density at radius 1 is 1.04 bits per heavy atom. The minimum absolute atomic E-state index is 0.292. The average Bonchev–Trinajstić information content (AvgIpc) is 3.10. The Morgan fingerprint density at radius 2 is 1.71 bits per heavy atom. The summed E-state index contributed by atoms with van der Waals surface area (Å²) in [6.45, 7) is 1.76. The van der Waals surface area contributed by atoms with Crippen LogP contribution in [-0.2, 0) is 22.4 Å². The molecular weight excluding hydrogens is 366 g/mol. The molecule has 4 fully saturated rings. The predicted octanol–water partition coefficient (Wildman–Crippen LogP) is 5.07. The van der Waals surface area contributed by atoms with E-state index >= 15 is 0 Å². The lowest BCUT2D eigenvalue weighted by atomic mass is 9.49. The van der Waals surface area contributed by atoms with Crippen LogP contribution in [-0.4, -0.2) is 28.5 Å². The molecule has 1 aromatic heterocycles. The van der Waals surface area contributed by atoms with Crippen molar-refractivity contribution >= 4 is 11.8 Å². The molecule has 0 saturated heterocycles. The van der Waals surface area contributed by atoms with Crippen molar-refractivity contribution in [3.8, 4) is 0 Å². The van der Waals surface area contributed by atoms with Gasteiger partial charge in [-0.3, -0.25) is 0 Å². The number of hydrogen-bond donors (Lipinski definition) is 0. The average molecular weight is 398 g/mol. The van der Waals surface area contributed by atoms with Crippen LogP contribution in [0, 0.1) is 17.8 Å². The molecule has 4 bridgehead atoms. The molecule has 0 radical (unpaired) electrons. The van der Waals surface area contributed by atoms with Crippen molar-refractivity contribution in [2.45, 2.75) is 67.8 Å². The maximum Gasteiger partial charge on any atom is 0.191 e. The molecule has 2 aromatic rings. The Labute approximate surface area is 172 Å². The summed E-state index contributed by atoms with van der Waals surface area (Å²) in [7, 11) is 1.79. The molecule has 0 amide bonds. The third kappa shape index (κ3) is 3.52. The van der Waals surface area contributed by atoms with Crippen molar-refractivity contribution in [1.82, 2.24) is 14.8 Å². The molecule has 4 aliphatic carbocycles. The number of hydrogen-bond acceptors (Lipinski definition) is 4. The molecule has 1 heterocycles. The van der Waals surface area contributed by atoms with Crippen LogP contribution in [0.3, 0.4) is 0 Å². The van der Waals surface area contributed by atoms with E-state index < -0.39 is 0 Å². The third-order valence-electron chi connectivity index (χ3n) is 7.17. The fourth-order valence-corrected chi connectivity index (χ4v) is 7.38. The normalized spacial score (nSPS) is 30.8. The van der Waals surface area contributed by atoms with Crippen LogP contribution in [0.15, 0.2) is 35.5 Å². The minimum Gasteiger partial charge on any atom is -0.385 e. The van der Waals surface area contributed by atoms with Crippen molar-refractivity contribution < 1.29 is 4.74 Å². The zero-order valence-corrected chi connectivity index (χ0v) is 17.7. The number of aromatic nitrogens is 3. The molecular formula is C23H31N3OS. The summed E-state index contributed by atoms with van der Waals surface area (Å²) in [5.74, 6) is 5.02. The van der Waals surface area contributed by atoms with E-state index in [1.165, 1.54) is 49.9 Å². The van der Waals surface area contributed by atoms with Crippen LogP contribution in [0.2, 0.25) is 0 Å². The van der Waals surface area contributed by atoms with Gasteiger partial charge in [-0.25, -0.2) is 0 Å². The van der Waals surface area contributed by atoms with Crippen LogP contribution in [0.25, 0.3) is 0 Å². The lowest BCUT2D eigenvalue weighted by molar-refractivity contribution is -0.0115. The highest BCUT2D eigenvalue weighted by atomic mass is 32.2. The molecule has 0 aliphatic heterocycles. The molecule has 0 N–H and O–H groups in total. The van der Waals surface area contributed by atoms with E-state index in [1.54, 1.807) is 7.11 Å². The molecule has 4 saturated carbocycles. The zero-order valence-electron chi connectivity index (χ0n) is 16.8. The molecule has 1 aromatic carbocycles. The fourth-order valence-electron chi connectivity index (χ4n) is 6.46. The molecule has 0 atom stereocenters. The number of ether oxygens (including phenoxy) is 1. The van der Waals surface area contributed by atoms with Crippen LogP contribution >= 0.6 is 11.8 Å². The van der Waals surface area contributed by atoms with Crippen molar-refractivity contribution in [3.05, 3.63) is 41.7 Å². The highest BCUT2D eigenvalue weighted by molar-refractivity contribution is 7.98. The molecule has 5 heteroatoms. The van der Waals surface area contributed by atoms with E-state index in [-0.39, 0.29) is 0 Å². The Hall–Kier alpha value is -1.33. The maximum absolute atomic E-state index is 5.34. The number of methoxy groups -OCH3 is 1. The van der Waals surface area contributed by atoms with E-state index in [1.807, 2.05) is 11.8 Å². The first-order valence-electron chi connectivity index (χ1n) is 10.8. The Morgan fingerprint density at radius 3 is 2.36 bits per heavy atom.